The molecule has 3 rings (SSSR count). The lowest BCUT2D eigenvalue weighted by atomic mass is 9.98. The van der Waals surface area contributed by atoms with Gasteiger partial charge in [0.2, 0.25) is 0 Å². The fourth-order valence-corrected chi connectivity index (χ4v) is 3.62. The first-order chi connectivity index (χ1) is 13.1. The minimum absolute atomic E-state index is 0.0289. The Morgan fingerprint density at radius 2 is 2.00 bits per heavy atom. The number of fused-ring (bicyclic) bond motifs is 1. The van der Waals surface area contributed by atoms with E-state index in [0.29, 0.717) is 17.9 Å². The van der Waals surface area contributed by atoms with Crippen molar-refractivity contribution in [2.75, 3.05) is 26.7 Å². The van der Waals surface area contributed by atoms with Crippen LogP contribution in [0.4, 0.5) is 0 Å². The van der Waals surface area contributed by atoms with Gasteiger partial charge in [-0.2, -0.15) is 0 Å². The lowest BCUT2D eigenvalue weighted by Crippen LogP contribution is -2.32. The number of phenols is 1. The largest absolute Gasteiger partial charge is 0.504 e. The Morgan fingerprint density at radius 1 is 1.22 bits per heavy atom. The number of unbranched alkanes of at least 4 members (excludes halogenated alkanes) is 1. The van der Waals surface area contributed by atoms with Crippen molar-refractivity contribution in [3.63, 3.8) is 0 Å². The van der Waals surface area contributed by atoms with Gasteiger partial charge in [-0.05, 0) is 73.3 Å². The second kappa shape index (κ2) is 9.24. The van der Waals surface area contributed by atoms with Gasteiger partial charge in [0.25, 0.3) is 5.91 Å². The van der Waals surface area contributed by atoms with Crippen LogP contribution in [0.3, 0.4) is 0 Å². The minimum Gasteiger partial charge on any atom is -0.504 e. The van der Waals surface area contributed by atoms with Crippen LogP contribution in [0.1, 0.15) is 34.3 Å². The number of halogens is 1. The molecule has 0 aliphatic carbocycles. The third-order valence-electron chi connectivity index (χ3n) is 4.89. The number of aromatic hydroxyl groups is 1. The molecule has 0 saturated heterocycles. The summed E-state index contributed by atoms with van der Waals surface area (Å²) in [5.74, 6) is 0.719. The molecular weight excluding hydrogens is 408 g/mol. The average Bonchev–Trinajstić information content (AvgIpc) is 2.67. The predicted molar refractivity (Wildman–Crippen MR) is 109 cm³/mol. The number of rotatable bonds is 7. The van der Waals surface area contributed by atoms with Crippen LogP contribution in [0.15, 0.2) is 40.9 Å². The van der Waals surface area contributed by atoms with E-state index in [2.05, 4.69) is 26.1 Å². The van der Waals surface area contributed by atoms with Gasteiger partial charge in [-0.3, -0.25) is 9.69 Å². The van der Waals surface area contributed by atoms with E-state index in [0.717, 1.165) is 43.4 Å². The van der Waals surface area contributed by atoms with Crippen molar-refractivity contribution in [1.29, 1.82) is 0 Å². The molecule has 5 nitrogen and oxygen atoms in total. The molecule has 1 amide bonds. The molecule has 2 aromatic carbocycles. The summed E-state index contributed by atoms with van der Waals surface area (Å²) in [4.78, 5) is 14.5. The van der Waals surface area contributed by atoms with E-state index < -0.39 is 0 Å². The number of carbonyl (C=O) groups excluding carboxylic acids is 1. The Bertz CT molecular complexity index is 793. The standard InChI is InChI=1S/C21H25BrN2O3/c1-27-20-13-16-8-11-24(14-17(16)12-19(20)25)10-3-2-9-23-21(26)15-4-6-18(22)7-5-15/h4-7,12-13,25H,2-3,8-11,14H2,1H3,(H,23,26). The fraction of sp³-hybridized carbons (Fsp3) is 0.381. The first kappa shape index (κ1) is 19.7. The summed E-state index contributed by atoms with van der Waals surface area (Å²) >= 11 is 3.37. The number of hydrogen-bond acceptors (Lipinski definition) is 4. The Labute approximate surface area is 168 Å². The molecule has 27 heavy (non-hydrogen) atoms. The molecule has 0 aromatic heterocycles. The van der Waals surface area contributed by atoms with E-state index in [1.54, 1.807) is 7.11 Å². The van der Waals surface area contributed by atoms with Crippen molar-refractivity contribution in [3.05, 3.63) is 57.6 Å². The summed E-state index contributed by atoms with van der Waals surface area (Å²) in [6, 6.07) is 11.1. The van der Waals surface area contributed by atoms with Crippen LogP contribution in [-0.4, -0.2) is 42.7 Å². The van der Waals surface area contributed by atoms with E-state index in [-0.39, 0.29) is 11.7 Å². The van der Waals surface area contributed by atoms with Crippen molar-refractivity contribution in [1.82, 2.24) is 10.2 Å². The van der Waals surface area contributed by atoms with E-state index in [4.69, 9.17) is 4.74 Å². The topological polar surface area (TPSA) is 61.8 Å². The molecule has 2 N–H and O–H groups in total. The van der Waals surface area contributed by atoms with Crippen molar-refractivity contribution >= 4 is 21.8 Å². The van der Waals surface area contributed by atoms with Crippen molar-refractivity contribution in [3.8, 4) is 11.5 Å². The van der Waals surface area contributed by atoms with Crippen LogP contribution in [0, 0.1) is 0 Å². The van der Waals surface area contributed by atoms with E-state index in [1.165, 1.54) is 11.1 Å². The zero-order chi connectivity index (χ0) is 19.2. The highest BCUT2D eigenvalue weighted by molar-refractivity contribution is 9.10. The Hall–Kier alpha value is -2.05. The number of methoxy groups -OCH3 is 1. The Balaban J connectivity index is 1.39. The summed E-state index contributed by atoms with van der Waals surface area (Å²) in [7, 11) is 1.58. The predicted octanol–water partition coefficient (Wildman–Crippen LogP) is 3.73. The maximum Gasteiger partial charge on any atom is 0.251 e. The molecule has 0 spiro atoms. The monoisotopic (exact) mass is 432 g/mol. The summed E-state index contributed by atoms with van der Waals surface area (Å²) in [5.41, 5.74) is 3.10. The number of benzene rings is 2. The normalized spacial score (nSPS) is 13.9. The number of carbonyl (C=O) groups is 1. The highest BCUT2D eigenvalue weighted by Crippen LogP contribution is 2.32. The maximum absolute atomic E-state index is 12.1. The van der Waals surface area contributed by atoms with Gasteiger partial charge in [0.15, 0.2) is 11.5 Å². The molecule has 0 unspecified atom stereocenters. The molecule has 1 aliphatic heterocycles. The first-order valence-corrected chi connectivity index (χ1v) is 10.0. The average molecular weight is 433 g/mol. The van der Waals surface area contributed by atoms with E-state index >= 15 is 0 Å². The number of ether oxygens (including phenoxy) is 1. The van der Waals surface area contributed by atoms with Crippen LogP contribution in [0.2, 0.25) is 0 Å². The number of nitrogens with one attached hydrogen (secondary N) is 1. The molecule has 0 fully saturated rings. The number of nitrogens with zero attached hydrogens (tertiary/aromatic N) is 1. The minimum atomic E-state index is -0.0289. The van der Waals surface area contributed by atoms with E-state index in [9.17, 15) is 9.90 Å². The third-order valence-corrected chi connectivity index (χ3v) is 5.41. The zero-order valence-corrected chi connectivity index (χ0v) is 17.1. The van der Waals surface area contributed by atoms with Crippen LogP contribution in [0.5, 0.6) is 11.5 Å². The Kier molecular flexibility index (Phi) is 6.74. The third kappa shape index (κ3) is 5.23. The molecule has 1 heterocycles. The van der Waals surface area contributed by atoms with Gasteiger partial charge in [0.1, 0.15) is 0 Å². The first-order valence-electron chi connectivity index (χ1n) is 9.21. The molecule has 6 heteroatoms. The second-order valence-electron chi connectivity index (χ2n) is 6.79. The summed E-state index contributed by atoms with van der Waals surface area (Å²) in [6.45, 7) is 3.52. The van der Waals surface area contributed by atoms with Crippen LogP contribution < -0.4 is 10.1 Å². The van der Waals surface area contributed by atoms with Gasteiger partial charge in [-0.15, -0.1) is 0 Å². The van der Waals surface area contributed by atoms with Crippen molar-refractivity contribution in [2.24, 2.45) is 0 Å². The van der Waals surface area contributed by atoms with Gasteiger partial charge in [-0.25, -0.2) is 0 Å². The van der Waals surface area contributed by atoms with Crippen molar-refractivity contribution in [2.45, 2.75) is 25.8 Å². The van der Waals surface area contributed by atoms with Crippen LogP contribution >= 0.6 is 15.9 Å². The molecular formula is C21H25BrN2O3. The zero-order valence-electron chi connectivity index (χ0n) is 15.5. The van der Waals surface area contributed by atoms with Gasteiger partial charge in [-0.1, -0.05) is 15.9 Å². The molecule has 0 bridgehead atoms. The number of hydrogen-bond donors (Lipinski definition) is 2. The SMILES string of the molecule is COc1cc2c(cc1O)CN(CCCCNC(=O)c1ccc(Br)cc1)CC2. The van der Waals surface area contributed by atoms with Crippen LogP contribution in [-0.2, 0) is 13.0 Å². The van der Waals surface area contributed by atoms with Gasteiger partial charge < -0.3 is 15.2 Å². The lowest BCUT2D eigenvalue weighted by Gasteiger charge is -2.29. The quantitative estimate of drug-likeness (QED) is 0.654. The summed E-state index contributed by atoms with van der Waals surface area (Å²) in [6.07, 6.45) is 2.93. The molecule has 0 atom stereocenters. The summed E-state index contributed by atoms with van der Waals surface area (Å²) < 4.78 is 6.15. The van der Waals surface area contributed by atoms with Gasteiger partial charge in [0.05, 0.1) is 7.11 Å². The lowest BCUT2D eigenvalue weighted by molar-refractivity contribution is 0.0952. The number of amides is 1. The maximum atomic E-state index is 12.1. The molecule has 2 aromatic rings. The molecule has 1 aliphatic rings. The molecule has 0 radical (unpaired) electrons. The van der Waals surface area contributed by atoms with Gasteiger partial charge >= 0.3 is 0 Å². The van der Waals surface area contributed by atoms with Crippen LogP contribution in [0.25, 0.3) is 0 Å². The van der Waals surface area contributed by atoms with E-state index in [1.807, 2.05) is 36.4 Å². The molecule has 0 saturated carbocycles. The highest BCUT2D eigenvalue weighted by atomic mass is 79.9. The smallest absolute Gasteiger partial charge is 0.251 e. The number of phenolic OH excluding ortho intramolecular Hbond substituents is 1. The van der Waals surface area contributed by atoms with Gasteiger partial charge in [0, 0.05) is 29.7 Å². The Morgan fingerprint density at radius 3 is 2.74 bits per heavy atom. The van der Waals surface area contributed by atoms with Crippen molar-refractivity contribution < 1.29 is 14.6 Å². The molecule has 144 valence electrons. The summed E-state index contributed by atoms with van der Waals surface area (Å²) in [5, 5.41) is 12.9. The highest BCUT2D eigenvalue weighted by Gasteiger charge is 2.18. The fourth-order valence-electron chi connectivity index (χ4n) is 3.35. The second-order valence-corrected chi connectivity index (χ2v) is 7.70.